The lowest BCUT2D eigenvalue weighted by Gasteiger charge is -2.19. The van der Waals surface area contributed by atoms with E-state index in [-0.39, 0.29) is 5.91 Å². The molecule has 98 valence electrons. The summed E-state index contributed by atoms with van der Waals surface area (Å²) in [4.78, 5) is 18.0. The van der Waals surface area contributed by atoms with Gasteiger partial charge in [-0.3, -0.25) is 9.78 Å². The molecule has 0 radical (unpaired) electrons. The second-order valence-corrected chi connectivity index (χ2v) is 5.17. The van der Waals surface area contributed by atoms with Gasteiger partial charge in [0.15, 0.2) is 0 Å². The van der Waals surface area contributed by atoms with Crippen molar-refractivity contribution in [3.8, 4) is 0 Å². The first-order chi connectivity index (χ1) is 8.99. The molecular weight excluding hydrogens is 306 g/mol. The van der Waals surface area contributed by atoms with Crippen LogP contribution in [0.3, 0.4) is 0 Å². The van der Waals surface area contributed by atoms with Gasteiger partial charge in [0.2, 0.25) is 0 Å². The highest BCUT2D eigenvalue weighted by Crippen LogP contribution is 2.26. The van der Waals surface area contributed by atoms with Crippen LogP contribution < -0.4 is 10.6 Å². The van der Waals surface area contributed by atoms with Crippen molar-refractivity contribution in [3.63, 3.8) is 0 Å². The van der Waals surface area contributed by atoms with E-state index < -0.39 is 0 Å². The first-order valence-corrected chi connectivity index (χ1v) is 6.54. The average Bonchev–Trinajstić information content (AvgIpc) is 2.37. The highest BCUT2D eigenvalue weighted by Gasteiger charge is 2.15. The van der Waals surface area contributed by atoms with Gasteiger partial charge in [-0.15, -0.1) is 0 Å². The van der Waals surface area contributed by atoms with Crippen molar-refractivity contribution in [2.75, 3.05) is 17.7 Å². The summed E-state index contributed by atoms with van der Waals surface area (Å²) in [5, 5.41) is 0. The van der Waals surface area contributed by atoms with Crippen LogP contribution in [0.5, 0.6) is 0 Å². The highest BCUT2D eigenvalue weighted by atomic mass is 79.9. The molecule has 2 N–H and O–H groups in total. The van der Waals surface area contributed by atoms with Crippen LogP contribution in [0.2, 0.25) is 0 Å². The van der Waals surface area contributed by atoms with Crippen molar-refractivity contribution in [2.24, 2.45) is 0 Å². The molecule has 0 aliphatic heterocycles. The molecule has 0 spiro atoms. The Morgan fingerprint density at radius 2 is 2.05 bits per heavy atom. The molecule has 0 aliphatic rings. The van der Waals surface area contributed by atoms with Crippen LogP contribution in [0.25, 0.3) is 0 Å². The van der Waals surface area contributed by atoms with Crippen molar-refractivity contribution in [2.45, 2.75) is 6.92 Å². The fourth-order valence-corrected chi connectivity index (χ4v) is 2.19. The molecule has 4 nitrogen and oxygen atoms in total. The standard InChI is InChI=1S/C14H14BrN3O/c1-9-7-10(5-6-17-9)14(19)18(2)13-4-3-11(15)8-12(13)16/h3-8H,16H2,1-2H3. The summed E-state index contributed by atoms with van der Waals surface area (Å²) in [5.74, 6) is -0.112. The van der Waals surface area contributed by atoms with Crippen LogP contribution in [0.1, 0.15) is 16.1 Å². The number of halogens is 1. The van der Waals surface area contributed by atoms with E-state index in [2.05, 4.69) is 20.9 Å². The van der Waals surface area contributed by atoms with Gasteiger partial charge in [0.1, 0.15) is 0 Å². The van der Waals surface area contributed by atoms with Gasteiger partial charge in [-0.1, -0.05) is 15.9 Å². The number of pyridine rings is 1. The van der Waals surface area contributed by atoms with Crippen molar-refractivity contribution >= 4 is 33.2 Å². The molecule has 2 rings (SSSR count). The Kier molecular flexibility index (Phi) is 3.85. The van der Waals surface area contributed by atoms with Crippen LogP contribution in [0.4, 0.5) is 11.4 Å². The number of nitrogen functional groups attached to an aromatic ring is 1. The SMILES string of the molecule is Cc1cc(C(=O)N(C)c2ccc(Br)cc2N)ccn1. The third-order valence-corrected chi connectivity index (χ3v) is 3.29. The van der Waals surface area contributed by atoms with Gasteiger partial charge in [-0.25, -0.2) is 0 Å². The summed E-state index contributed by atoms with van der Waals surface area (Å²) in [6.45, 7) is 1.85. The molecule has 0 atom stereocenters. The monoisotopic (exact) mass is 319 g/mol. The Hall–Kier alpha value is -1.88. The van der Waals surface area contributed by atoms with Gasteiger partial charge >= 0.3 is 0 Å². The second kappa shape index (κ2) is 5.40. The quantitative estimate of drug-likeness (QED) is 0.865. The summed E-state index contributed by atoms with van der Waals surface area (Å²) < 4.78 is 0.884. The number of carbonyl (C=O) groups is 1. The minimum absolute atomic E-state index is 0.112. The number of aryl methyl sites for hydroxylation is 1. The maximum atomic E-state index is 12.4. The van der Waals surface area contributed by atoms with Gasteiger partial charge in [0, 0.05) is 29.0 Å². The summed E-state index contributed by atoms with van der Waals surface area (Å²) in [7, 11) is 1.71. The normalized spacial score (nSPS) is 10.3. The Morgan fingerprint density at radius 3 is 2.68 bits per heavy atom. The lowest BCUT2D eigenvalue weighted by molar-refractivity contribution is 0.0993. The van der Waals surface area contributed by atoms with Gasteiger partial charge in [-0.2, -0.15) is 0 Å². The molecule has 19 heavy (non-hydrogen) atoms. The molecule has 1 aromatic heterocycles. The molecule has 0 saturated heterocycles. The summed E-state index contributed by atoms with van der Waals surface area (Å²) >= 11 is 3.35. The molecule has 0 bridgehead atoms. The maximum Gasteiger partial charge on any atom is 0.258 e. The Bertz CT molecular complexity index is 628. The third-order valence-electron chi connectivity index (χ3n) is 2.80. The summed E-state index contributed by atoms with van der Waals surface area (Å²) in [5.41, 5.74) is 8.57. The first-order valence-electron chi connectivity index (χ1n) is 5.75. The number of carbonyl (C=O) groups excluding carboxylic acids is 1. The van der Waals surface area contributed by atoms with Crippen LogP contribution in [0, 0.1) is 6.92 Å². The number of hydrogen-bond donors (Lipinski definition) is 1. The minimum atomic E-state index is -0.112. The highest BCUT2D eigenvalue weighted by molar-refractivity contribution is 9.10. The lowest BCUT2D eigenvalue weighted by Crippen LogP contribution is -2.27. The van der Waals surface area contributed by atoms with Gasteiger partial charge in [0.05, 0.1) is 11.4 Å². The van der Waals surface area contributed by atoms with E-state index in [0.29, 0.717) is 16.9 Å². The van der Waals surface area contributed by atoms with Crippen LogP contribution in [-0.2, 0) is 0 Å². The minimum Gasteiger partial charge on any atom is -0.397 e. The number of anilines is 2. The number of rotatable bonds is 2. The second-order valence-electron chi connectivity index (χ2n) is 4.25. The zero-order valence-corrected chi connectivity index (χ0v) is 12.3. The molecule has 5 heteroatoms. The van der Waals surface area contributed by atoms with E-state index in [1.807, 2.05) is 19.1 Å². The molecule has 1 heterocycles. The van der Waals surface area contributed by atoms with Crippen LogP contribution >= 0.6 is 15.9 Å². The van der Waals surface area contributed by atoms with Crippen molar-refractivity contribution in [3.05, 3.63) is 52.3 Å². The molecular formula is C14H14BrN3O. The van der Waals surface area contributed by atoms with Crippen molar-refractivity contribution in [1.82, 2.24) is 4.98 Å². The van der Waals surface area contributed by atoms with E-state index in [1.165, 1.54) is 4.90 Å². The van der Waals surface area contributed by atoms with E-state index in [0.717, 1.165) is 10.2 Å². The molecule has 0 fully saturated rings. The smallest absolute Gasteiger partial charge is 0.258 e. The first kappa shape index (κ1) is 13.5. The fraction of sp³-hybridized carbons (Fsp3) is 0.143. The van der Waals surface area contributed by atoms with Crippen LogP contribution in [-0.4, -0.2) is 17.9 Å². The number of hydrogen-bond acceptors (Lipinski definition) is 3. The van der Waals surface area contributed by atoms with E-state index in [9.17, 15) is 4.79 Å². The number of aromatic nitrogens is 1. The zero-order chi connectivity index (χ0) is 14.0. The van der Waals surface area contributed by atoms with Gasteiger partial charge in [-0.05, 0) is 37.3 Å². The number of nitrogens with zero attached hydrogens (tertiary/aromatic N) is 2. The lowest BCUT2D eigenvalue weighted by atomic mass is 10.2. The third kappa shape index (κ3) is 2.93. The van der Waals surface area contributed by atoms with Gasteiger partial charge in [0.25, 0.3) is 5.91 Å². The average molecular weight is 320 g/mol. The molecule has 0 unspecified atom stereocenters. The van der Waals surface area contributed by atoms with Crippen molar-refractivity contribution in [1.29, 1.82) is 0 Å². The summed E-state index contributed by atoms with van der Waals surface area (Å²) in [6, 6.07) is 8.89. The molecule has 1 amide bonds. The van der Waals surface area contributed by atoms with E-state index in [1.54, 1.807) is 31.4 Å². The van der Waals surface area contributed by atoms with E-state index in [4.69, 9.17) is 5.73 Å². The number of benzene rings is 1. The van der Waals surface area contributed by atoms with Crippen LogP contribution in [0.15, 0.2) is 41.0 Å². The number of nitrogens with two attached hydrogens (primary N) is 1. The van der Waals surface area contributed by atoms with Crippen molar-refractivity contribution < 1.29 is 4.79 Å². The Morgan fingerprint density at radius 1 is 1.32 bits per heavy atom. The zero-order valence-electron chi connectivity index (χ0n) is 10.7. The number of amides is 1. The fourth-order valence-electron chi connectivity index (χ4n) is 1.81. The van der Waals surface area contributed by atoms with Gasteiger partial charge < -0.3 is 10.6 Å². The predicted molar refractivity (Wildman–Crippen MR) is 80.3 cm³/mol. The topological polar surface area (TPSA) is 59.2 Å². The maximum absolute atomic E-state index is 12.4. The Balaban J connectivity index is 2.33. The molecule has 2 aromatic rings. The van der Waals surface area contributed by atoms with E-state index >= 15 is 0 Å². The molecule has 0 aliphatic carbocycles. The predicted octanol–water partition coefficient (Wildman–Crippen LogP) is 3.01. The molecule has 1 aromatic carbocycles. The largest absolute Gasteiger partial charge is 0.397 e. The Labute approximate surface area is 120 Å². The summed E-state index contributed by atoms with van der Waals surface area (Å²) in [6.07, 6.45) is 1.63. The molecule has 0 saturated carbocycles.